The minimum absolute atomic E-state index is 0.154. The summed E-state index contributed by atoms with van der Waals surface area (Å²) in [5.74, 6) is 0.813. The second-order valence-corrected chi connectivity index (χ2v) is 8.63. The van der Waals surface area contributed by atoms with Crippen molar-refractivity contribution in [3.63, 3.8) is 0 Å². The summed E-state index contributed by atoms with van der Waals surface area (Å²) in [5, 5.41) is 1.03. The van der Waals surface area contributed by atoms with E-state index in [1.807, 2.05) is 17.2 Å². The van der Waals surface area contributed by atoms with Gasteiger partial charge in [0.1, 0.15) is 0 Å². The Balaban J connectivity index is 1.29. The number of hydrogen-bond donors (Lipinski definition) is 1. The minimum atomic E-state index is 0.154. The van der Waals surface area contributed by atoms with Crippen LogP contribution >= 0.6 is 0 Å². The van der Waals surface area contributed by atoms with E-state index in [9.17, 15) is 4.79 Å². The highest BCUT2D eigenvalue weighted by Gasteiger charge is 2.25. The molecule has 1 aliphatic heterocycles. The summed E-state index contributed by atoms with van der Waals surface area (Å²) in [6, 6.07) is 27.4. The third kappa shape index (κ3) is 4.27. The molecule has 0 atom stereocenters. The van der Waals surface area contributed by atoms with Gasteiger partial charge >= 0.3 is 0 Å². The summed E-state index contributed by atoms with van der Waals surface area (Å²) in [5.41, 5.74) is 5.78. The van der Waals surface area contributed by atoms with Crippen molar-refractivity contribution in [2.24, 2.45) is 5.92 Å². The smallest absolute Gasteiger partial charge is 0.256 e. The molecule has 3 heteroatoms. The summed E-state index contributed by atoms with van der Waals surface area (Å²) >= 11 is 0. The quantitative estimate of drug-likeness (QED) is 0.441. The number of nitrogens with zero attached hydrogens (tertiary/aromatic N) is 1. The molecule has 2 heterocycles. The molecule has 1 saturated heterocycles. The number of hydrogen-bond acceptors (Lipinski definition) is 1. The third-order valence-corrected chi connectivity index (χ3v) is 6.54. The van der Waals surface area contributed by atoms with Gasteiger partial charge in [0.05, 0.1) is 5.56 Å². The maximum absolute atomic E-state index is 13.3. The molecule has 156 valence electrons. The Labute approximate surface area is 183 Å². The lowest BCUT2D eigenvalue weighted by Gasteiger charge is -2.32. The first kappa shape index (κ1) is 19.6. The molecule has 0 bridgehead atoms. The number of piperidine rings is 1. The van der Waals surface area contributed by atoms with Crippen molar-refractivity contribution < 1.29 is 4.79 Å². The van der Waals surface area contributed by atoms with Gasteiger partial charge in [0.25, 0.3) is 5.91 Å². The number of likely N-dealkylation sites (tertiary alicyclic amines) is 1. The average Bonchev–Trinajstić information content (AvgIpc) is 3.26. The number of amides is 1. The SMILES string of the molecule is O=C(c1c[nH]c2c(Cc3ccccc3)cccc12)N1CCC(Cc2ccccc2)CC1. The normalized spacial score (nSPS) is 14.8. The van der Waals surface area contributed by atoms with Gasteiger partial charge in [-0.3, -0.25) is 4.79 Å². The first-order valence-electron chi connectivity index (χ1n) is 11.2. The number of rotatable bonds is 5. The highest BCUT2D eigenvalue weighted by Crippen LogP contribution is 2.27. The lowest BCUT2D eigenvalue weighted by Crippen LogP contribution is -2.38. The van der Waals surface area contributed by atoms with Crippen LogP contribution in [0.3, 0.4) is 0 Å². The Morgan fingerprint density at radius 3 is 2.23 bits per heavy atom. The van der Waals surface area contributed by atoms with E-state index in [0.29, 0.717) is 5.92 Å². The van der Waals surface area contributed by atoms with E-state index >= 15 is 0 Å². The van der Waals surface area contributed by atoms with E-state index in [2.05, 4.69) is 77.8 Å². The fourth-order valence-corrected chi connectivity index (χ4v) is 4.82. The van der Waals surface area contributed by atoms with Crippen LogP contribution in [-0.2, 0) is 12.8 Å². The Kier molecular flexibility index (Phi) is 5.57. The van der Waals surface area contributed by atoms with Crippen LogP contribution in [-0.4, -0.2) is 28.9 Å². The van der Waals surface area contributed by atoms with Crippen LogP contribution in [0.5, 0.6) is 0 Å². The van der Waals surface area contributed by atoms with Crippen LogP contribution in [0.25, 0.3) is 10.9 Å². The maximum atomic E-state index is 13.3. The van der Waals surface area contributed by atoms with Gasteiger partial charge < -0.3 is 9.88 Å². The lowest BCUT2D eigenvalue weighted by molar-refractivity contribution is 0.0692. The standard InChI is InChI=1S/C28H28N2O/c31-28(30-16-14-23(15-17-30)18-21-8-3-1-4-9-21)26-20-29-27-24(12-7-13-25(26)27)19-22-10-5-2-6-11-22/h1-13,20,23,29H,14-19H2. The fraction of sp³-hybridized carbons (Fsp3) is 0.250. The van der Waals surface area contributed by atoms with Gasteiger partial charge in [-0.15, -0.1) is 0 Å². The zero-order valence-corrected chi connectivity index (χ0v) is 17.8. The number of aromatic nitrogens is 1. The fourth-order valence-electron chi connectivity index (χ4n) is 4.82. The van der Waals surface area contributed by atoms with Crippen LogP contribution in [0.15, 0.2) is 85.1 Å². The largest absolute Gasteiger partial charge is 0.360 e. The van der Waals surface area contributed by atoms with Gasteiger partial charge in [-0.1, -0.05) is 78.9 Å². The van der Waals surface area contributed by atoms with Crippen LogP contribution in [0.2, 0.25) is 0 Å². The zero-order valence-electron chi connectivity index (χ0n) is 17.8. The summed E-state index contributed by atoms with van der Waals surface area (Å²) < 4.78 is 0. The zero-order chi connectivity index (χ0) is 21.0. The highest BCUT2D eigenvalue weighted by molar-refractivity contribution is 6.07. The van der Waals surface area contributed by atoms with E-state index in [1.165, 1.54) is 16.7 Å². The van der Waals surface area contributed by atoms with Crippen LogP contribution < -0.4 is 0 Å². The van der Waals surface area contributed by atoms with Crippen molar-refractivity contribution in [2.75, 3.05) is 13.1 Å². The van der Waals surface area contributed by atoms with Crippen LogP contribution in [0.4, 0.5) is 0 Å². The van der Waals surface area contributed by atoms with E-state index in [4.69, 9.17) is 0 Å². The maximum Gasteiger partial charge on any atom is 0.256 e. The average molecular weight is 409 g/mol. The molecule has 0 aliphatic carbocycles. The van der Waals surface area contributed by atoms with Gasteiger partial charge in [-0.25, -0.2) is 0 Å². The highest BCUT2D eigenvalue weighted by atomic mass is 16.2. The molecule has 0 saturated carbocycles. The predicted octanol–water partition coefficient (Wildman–Crippen LogP) is 5.85. The molecule has 31 heavy (non-hydrogen) atoms. The van der Waals surface area contributed by atoms with E-state index < -0.39 is 0 Å². The second kappa shape index (κ2) is 8.81. The van der Waals surface area contributed by atoms with Gasteiger partial charge in [0.2, 0.25) is 0 Å². The molecule has 3 aromatic carbocycles. The molecule has 4 aromatic rings. The van der Waals surface area contributed by atoms with Crippen molar-refractivity contribution in [1.82, 2.24) is 9.88 Å². The van der Waals surface area contributed by atoms with Crippen molar-refractivity contribution in [3.05, 3.63) is 107 Å². The molecule has 3 nitrogen and oxygen atoms in total. The molecule has 0 spiro atoms. The van der Waals surface area contributed by atoms with Crippen molar-refractivity contribution in [3.8, 4) is 0 Å². The van der Waals surface area contributed by atoms with Gasteiger partial charge in [-0.2, -0.15) is 0 Å². The first-order valence-corrected chi connectivity index (χ1v) is 11.2. The van der Waals surface area contributed by atoms with E-state index in [1.54, 1.807) is 0 Å². The molecule has 1 aliphatic rings. The molecule has 1 amide bonds. The topological polar surface area (TPSA) is 36.1 Å². The monoisotopic (exact) mass is 408 g/mol. The molecular formula is C28H28N2O. The molecule has 1 aromatic heterocycles. The summed E-state index contributed by atoms with van der Waals surface area (Å²) in [6.07, 6.45) is 6.01. The number of benzene rings is 3. The number of nitrogens with one attached hydrogen (secondary N) is 1. The number of H-pyrrole nitrogens is 1. The van der Waals surface area contributed by atoms with Crippen molar-refractivity contribution >= 4 is 16.8 Å². The minimum Gasteiger partial charge on any atom is -0.360 e. The van der Waals surface area contributed by atoms with Gasteiger partial charge in [-0.05, 0) is 48.3 Å². The lowest BCUT2D eigenvalue weighted by atomic mass is 9.90. The number of fused-ring (bicyclic) bond motifs is 1. The van der Waals surface area contributed by atoms with Crippen LogP contribution in [0.1, 0.15) is 39.9 Å². The Bertz CT molecular complexity index is 1160. The Hall–Kier alpha value is -3.33. The molecule has 1 fully saturated rings. The number of carbonyl (C=O) groups is 1. The van der Waals surface area contributed by atoms with Crippen molar-refractivity contribution in [1.29, 1.82) is 0 Å². The number of carbonyl (C=O) groups excluding carboxylic acids is 1. The van der Waals surface area contributed by atoms with E-state index in [-0.39, 0.29) is 5.91 Å². The second-order valence-electron chi connectivity index (χ2n) is 8.63. The summed E-state index contributed by atoms with van der Waals surface area (Å²) in [4.78, 5) is 18.7. The van der Waals surface area contributed by atoms with Gasteiger partial charge in [0.15, 0.2) is 0 Å². The molecule has 0 unspecified atom stereocenters. The molecular weight excluding hydrogens is 380 g/mol. The Morgan fingerprint density at radius 1 is 0.839 bits per heavy atom. The summed E-state index contributed by atoms with van der Waals surface area (Å²) in [6.45, 7) is 1.68. The van der Waals surface area contributed by atoms with Crippen LogP contribution in [0, 0.1) is 5.92 Å². The van der Waals surface area contributed by atoms with Crippen molar-refractivity contribution in [2.45, 2.75) is 25.7 Å². The molecule has 5 rings (SSSR count). The molecule has 1 N–H and O–H groups in total. The summed E-state index contributed by atoms with van der Waals surface area (Å²) in [7, 11) is 0. The predicted molar refractivity (Wildman–Crippen MR) is 126 cm³/mol. The third-order valence-electron chi connectivity index (χ3n) is 6.54. The van der Waals surface area contributed by atoms with E-state index in [0.717, 1.165) is 55.2 Å². The van der Waals surface area contributed by atoms with Gasteiger partial charge in [0, 0.05) is 30.2 Å². The first-order chi connectivity index (χ1) is 15.3. The Morgan fingerprint density at radius 2 is 1.52 bits per heavy atom. The molecule has 0 radical (unpaired) electrons. The number of para-hydroxylation sites is 1. The number of aromatic amines is 1.